The van der Waals surface area contributed by atoms with Crippen molar-refractivity contribution >= 4 is 29.1 Å². The van der Waals surface area contributed by atoms with E-state index in [9.17, 15) is 9.59 Å². The molecule has 2 aromatic rings. The minimum absolute atomic E-state index is 0.0697. The fourth-order valence-electron chi connectivity index (χ4n) is 2.31. The Hall–Kier alpha value is -2.73. The second-order valence-electron chi connectivity index (χ2n) is 5.39. The van der Waals surface area contributed by atoms with Crippen LogP contribution in [0.5, 0.6) is 11.5 Å². The quantitative estimate of drug-likeness (QED) is 0.927. The molecule has 7 heteroatoms. The topological polar surface area (TPSA) is 67.9 Å². The smallest absolute Gasteiger partial charge is 0.255 e. The lowest BCUT2D eigenvalue weighted by Crippen LogP contribution is -2.24. The summed E-state index contributed by atoms with van der Waals surface area (Å²) in [6.45, 7) is 0.0697. The number of hydrogen-bond acceptors (Lipinski definition) is 4. The number of hydrogen-bond donors (Lipinski definition) is 1. The number of fused-ring (bicyclic) bond motifs is 1. The van der Waals surface area contributed by atoms with Crippen molar-refractivity contribution < 1.29 is 19.1 Å². The van der Waals surface area contributed by atoms with Crippen LogP contribution in [-0.2, 0) is 0 Å². The highest BCUT2D eigenvalue weighted by atomic mass is 35.5. The number of carbonyl (C=O) groups is 2. The first-order chi connectivity index (χ1) is 11.5. The maximum absolute atomic E-state index is 12.5. The molecule has 24 heavy (non-hydrogen) atoms. The molecule has 0 aliphatic carbocycles. The molecule has 0 unspecified atom stereocenters. The number of anilines is 1. The van der Waals surface area contributed by atoms with Crippen LogP contribution in [0.2, 0.25) is 5.02 Å². The lowest BCUT2D eigenvalue weighted by atomic mass is 10.1. The van der Waals surface area contributed by atoms with E-state index in [1.807, 2.05) is 0 Å². The zero-order chi connectivity index (χ0) is 17.3. The van der Waals surface area contributed by atoms with Crippen molar-refractivity contribution in [3.8, 4) is 11.5 Å². The Balaban J connectivity index is 1.89. The number of carbonyl (C=O) groups excluding carboxylic acids is 2. The SMILES string of the molecule is CN(C)C(=O)c1ccccc1NC(=O)c1cc(Cl)c2c(c1)OCO2. The Kier molecular flexibility index (Phi) is 4.31. The summed E-state index contributed by atoms with van der Waals surface area (Å²) in [5.41, 5.74) is 1.15. The molecular weight excluding hydrogens is 332 g/mol. The van der Waals surface area contributed by atoms with Gasteiger partial charge in [-0.05, 0) is 24.3 Å². The predicted molar refractivity (Wildman–Crippen MR) is 90.0 cm³/mol. The first kappa shape index (κ1) is 16.1. The van der Waals surface area contributed by atoms with E-state index in [-0.39, 0.29) is 12.7 Å². The third kappa shape index (κ3) is 3.00. The number of nitrogens with one attached hydrogen (secondary N) is 1. The molecule has 0 atom stereocenters. The van der Waals surface area contributed by atoms with Crippen molar-refractivity contribution in [1.82, 2.24) is 4.90 Å². The average Bonchev–Trinajstić information content (AvgIpc) is 3.03. The molecule has 0 bridgehead atoms. The average molecular weight is 347 g/mol. The molecule has 0 spiro atoms. The number of nitrogens with zero attached hydrogens (tertiary/aromatic N) is 1. The largest absolute Gasteiger partial charge is 0.454 e. The fraction of sp³-hybridized carbons (Fsp3) is 0.176. The zero-order valence-corrected chi connectivity index (χ0v) is 13.9. The van der Waals surface area contributed by atoms with Gasteiger partial charge in [0.05, 0.1) is 16.3 Å². The summed E-state index contributed by atoms with van der Waals surface area (Å²) >= 11 is 6.10. The van der Waals surface area contributed by atoms with Crippen molar-refractivity contribution in [2.45, 2.75) is 0 Å². The molecule has 0 saturated carbocycles. The summed E-state index contributed by atoms with van der Waals surface area (Å²) in [6.07, 6.45) is 0. The summed E-state index contributed by atoms with van der Waals surface area (Å²) in [5, 5.41) is 3.04. The van der Waals surface area contributed by atoms with Crippen LogP contribution in [0.15, 0.2) is 36.4 Å². The van der Waals surface area contributed by atoms with Gasteiger partial charge in [-0.15, -0.1) is 0 Å². The van der Waals surface area contributed by atoms with Gasteiger partial charge in [-0.2, -0.15) is 0 Å². The van der Waals surface area contributed by atoms with Gasteiger partial charge in [0.2, 0.25) is 6.79 Å². The maximum atomic E-state index is 12.5. The van der Waals surface area contributed by atoms with Gasteiger partial charge in [0.25, 0.3) is 11.8 Å². The number of amides is 2. The van der Waals surface area contributed by atoms with Gasteiger partial charge < -0.3 is 19.7 Å². The van der Waals surface area contributed by atoms with E-state index < -0.39 is 5.91 Å². The molecule has 1 heterocycles. The van der Waals surface area contributed by atoms with E-state index in [2.05, 4.69) is 5.32 Å². The van der Waals surface area contributed by atoms with Crippen LogP contribution >= 0.6 is 11.6 Å². The monoisotopic (exact) mass is 346 g/mol. The fourth-order valence-corrected chi connectivity index (χ4v) is 2.58. The number of benzene rings is 2. The van der Waals surface area contributed by atoms with E-state index in [1.165, 1.54) is 11.0 Å². The van der Waals surface area contributed by atoms with Crippen LogP contribution in [-0.4, -0.2) is 37.6 Å². The summed E-state index contributed by atoms with van der Waals surface area (Å²) in [6, 6.07) is 9.87. The molecule has 6 nitrogen and oxygen atoms in total. The van der Waals surface area contributed by atoms with Gasteiger partial charge in [0.15, 0.2) is 11.5 Å². The van der Waals surface area contributed by atoms with Gasteiger partial charge in [-0.1, -0.05) is 23.7 Å². The Morgan fingerprint density at radius 2 is 1.92 bits per heavy atom. The van der Waals surface area contributed by atoms with E-state index in [4.69, 9.17) is 21.1 Å². The van der Waals surface area contributed by atoms with E-state index >= 15 is 0 Å². The van der Waals surface area contributed by atoms with Gasteiger partial charge >= 0.3 is 0 Å². The minimum atomic E-state index is -0.394. The molecule has 0 saturated heterocycles. The summed E-state index contributed by atoms with van der Waals surface area (Å²) < 4.78 is 10.5. The lowest BCUT2D eigenvalue weighted by Gasteiger charge is -2.15. The zero-order valence-electron chi connectivity index (χ0n) is 13.1. The standard InChI is InChI=1S/C17H15ClN2O4/c1-20(2)17(22)11-5-3-4-6-13(11)19-16(21)10-7-12(18)15-14(8-10)23-9-24-15/h3-8H,9H2,1-2H3,(H,19,21). The van der Waals surface area contributed by atoms with Gasteiger partial charge in [0, 0.05) is 19.7 Å². The van der Waals surface area contributed by atoms with Crippen LogP contribution in [0.25, 0.3) is 0 Å². The van der Waals surface area contributed by atoms with Crippen molar-refractivity contribution in [1.29, 1.82) is 0 Å². The third-order valence-corrected chi connectivity index (χ3v) is 3.78. The summed E-state index contributed by atoms with van der Waals surface area (Å²) in [4.78, 5) is 26.2. The molecule has 1 aliphatic heterocycles. The Bertz CT molecular complexity index is 820. The number of rotatable bonds is 3. The molecule has 1 N–H and O–H groups in total. The van der Waals surface area contributed by atoms with Crippen LogP contribution < -0.4 is 14.8 Å². The second kappa shape index (κ2) is 6.41. The maximum Gasteiger partial charge on any atom is 0.255 e. The number of para-hydroxylation sites is 1. The highest BCUT2D eigenvalue weighted by molar-refractivity contribution is 6.33. The lowest BCUT2D eigenvalue weighted by molar-refractivity contribution is 0.0828. The Morgan fingerprint density at radius 3 is 2.67 bits per heavy atom. The van der Waals surface area contributed by atoms with Crippen LogP contribution in [0.4, 0.5) is 5.69 Å². The molecule has 3 rings (SSSR count). The molecule has 124 valence electrons. The van der Waals surface area contributed by atoms with Crippen molar-refractivity contribution in [3.63, 3.8) is 0 Å². The normalized spacial score (nSPS) is 12.0. The van der Waals surface area contributed by atoms with Crippen molar-refractivity contribution in [3.05, 3.63) is 52.5 Å². The Labute approximate surface area is 143 Å². The van der Waals surface area contributed by atoms with E-state index in [0.717, 1.165) is 0 Å². The van der Waals surface area contributed by atoms with Crippen LogP contribution in [0, 0.1) is 0 Å². The van der Waals surface area contributed by atoms with E-state index in [1.54, 1.807) is 44.4 Å². The number of halogens is 1. The molecule has 2 aromatic carbocycles. The van der Waals surface area contributed by atoms with Crippen molar-refractivity contribution in [2.24, 2.45) is 0 Å². The predicted octanol–water partition coefficient (Wildman–Crippen LogP) is 3.02. The van der Waals surface area contributed by atoms with E-state index in [0.29, 0.717) is 33.3 Å². The van der Waals surface area contributed by atoms with Gasteiger partial charge in [-0.3, -0.25) is 9.59 Å². The number of ether oxygens (including phenoxy) is 2. The molecule has 0 aromatic heterocycles. The first-order valence-corrected chi connectivity index (χ1v) is 7.56. The summed E-state index contributed by atoms with van der Waals surface area (Å²) in [5.74, 6) is 0.255. The minimum Gasteiger partial charge on any atom is -0.454 e. The van der Waals surface area contributed by atoms with Gasteiger partial charge in [0.1, 0.15) is 0 Å². The molecular formula is C17H15ClN2O4. The molecule has 0 radical (unpaired) electrons. The van der Waals surface area contributed by atoms with Crippen molar-refractivity contribution in [2.75, 3.05) is 26.2 Å². The third-order valence-electron chi connectivity index (χ3n) is 3.50. The molecule has 0 fully saturated rings. The second-order valence-corrected chi connectivity index (χ2v) is 5.80. The highest BCUT2D eigenvalue weighted by Crippen LogP contribution is 2.39. The first-order valence-electron chi connectivity index (χ1n) is 7.18. The van der Waals surface area contributed by atoms with Gasteiger partial charge in [-0.25, -0.2) is 0 Å². The molecule has 2 amide bonds. The molecule has 1 aliphatic rings. The summed E-state index contributed by atoms with van der Waals surface area (Å²) in [7, 11) is 3.30. The Morgan fingerprint density at radius 1 is 1.17 bits per heavy atom. The van der Waals surface area contributed by atoms with Crippen LogP contribution in [0.3, 0.4) is 0 Å². The highest BCUT2D eigenvalue weighted by Gasteiger charge is 2.21. The van der Waals surface area contributed by atoms with Crippen LogP contribution in [0.1, 0.15) is 20.7 Å².